The van der Waals surface area contributed by atoms with Gasteiger partial charge in [0.25, 0.3) is 0 Å². The lowest BCUT2D eigenvalue weighted by Gasteiger charge is -2.11. The van der Waals surface area contributed by atoms with E-state index in [0.717, 1.165) is 28.4 Å². The van der Waals surface area contributed by atoms with Gasteiger partial charge in [-0.15, -0.1) is 0 Å². The van der Waals surface area contributed by atoms with Crippen molar-refractivity contribution >= 4 is 35.3 Å². The minimum absolute atomic E-state index is 0.463. The molecule has 2 aromatic carbocycles. The van der Waals surface area contributed by atoms with Crippen LogP contribution in [0.1, 0.15) is 17.0 Å². The maximum atomic E-state index is 12.0. The summed E-state index contributed by atoms with van der Waals surface area (Å²) < 4.78 is 7.35. The van der Waals surface area contributed by atoms with Crippen LogP contribution >= 0.6 is 11.6 Å². The van der Waals surface area contributed by atoms with Crippen molar-refractivity contribution in [1.82, 2.24) is 9.99 Å². The van der Waals surface area contributed by atoms with E-state index < -0.39 is 11.8 Å². The van der Waals surface area contributed by atoms with Gasteiger partial charge in [0.1, 0.15) is 5.75 Å². The zero-order chi connectivity index (χ0) is 21.7. The van der Waals surface area contributed by atoms with Crippen LogP contribution in [0, 0.1) is 13.8 Å². The maximum Gasteiger partial charge on any atom is 0.329 e. The van der Waals surface area contributed by atoms with Gasteiger partial charge in [0.05, 0.1) is 13.3 Å². The molecule has 3 aromatic rings. The summed E-state index contributed by atoms with van der Waals surface area (Å²) in [5, 5.41) is 6.93. The molecule has 2 amide bonds. The summed E-state index contributed by atoms with van der Waals surface area (Å²) in [7, 11) is 1.62. The highest BCUT2D eigenvalue weighted by Crippen LogP contribution is 2.23. The molecular weight excluding hydrogens is 404 g/mol. The molecule has 0 radical (unpaired) electrons. The Bertz CT molecular complexity index is 1100. The van der Waals surface area contributed by atoms with E-state index >= 15 is 0 Å². The molecule has 0 aliphatic heterocycles. The molecule has 154 valence electrons. The molecule has 0 aliphatic carbocycles. The van der Waals surface area contributed by atoms with E-state index in [1.54, 1.807) is 31.4 Å². The number of rotatable bonds is 5. The molecule has 1 heterocycles. The Morgan fingerprint density at radius 2 is 1.80 bits per heavy atom. The predicted octanol–water partition coefficient (Wildman–Crippen LogP) is 3.84. The third kappa shape index (κ3) is 4.87. The number of halogens is 1. The van der Waals surface area contributed by atoms with Crippen LogP contribution < -0.4 is 15.5 Å². The fourth-order valence-corrected chi connectivity index (χ4v) is 3.12. The molecule has 0 spiro atoms. The highest BCUT2D eigenvalue weighted by molar-refractivity contribution is 6.39. The molecule has 0 saturated heterocycles. The molecule has 0 bridgehead atoms. The third-order valence-electron chi connectivity index (χ3n) is 4.46. The van der Waals surface area contributed by atoms with Gasteiger partial charge in [-0.05, 0) is 56.3 Å². The Labute approximate surface area is 179 Å². The largest absolute Gasteiger partial charge is 0.497 e. The quantitative estimate of drug-likeness (QED) is 0.370. The Morgan fingerprint density at radius 3 is 2.50 bits per heavy atom. The van der Waals surface area contributed by atoms with E-state index in [2.05, 4.69) is 20.4 Å². The zero-order valence-electron chi connectivity index (χ0n) is 16.8. The Hall–Kier alpha value is -3.58. The second kappa shape index (κ2) is 9.28. The molecule has 0 fully saturated rings. The molecular formula is C22H21ClN4O3. The van der Waals surface area contributed by atoms with Gasteiger partial charge in [-0.3, -0.25) is 9.59 Å². The maximum absolute atomic E-state index is 12.0. The zero-order valence-corrected chi connectivity index (χ0v) is 17.5. The summed E-state index contributed by atoms with van der Waals surface area (Å²) >= 11 is 5.80. The SMILES string of the molecule is COc1cccc(-n2c(C)cc(/C=N/NC(=O)C(=O)Nc3ccc(Cl)cc3)c2C)c1. The fraction of sp³-hybridized carbons (Fsp3) is 0.136. The number of benzene rings is 2. The van der Waals surface area contributed by atoms with Crippen LogP contribution in [0.15, 0.2) is 59.7 Å². The average Bonchev–Trinajstić information content (AvgIpc) is 3.02. The van der Waals surface area contributed by atoms with Crippen molar-refractivity contribution < 1.29 is 14.3 Å². The van der Waals surface area contributed by atoms with E-state index in [1.807, 2.05) is 44.2 Å². The van der Waals surface area contributed by atoms with E-state index in [9.17, 15) is 9.59 Å². The molecule has 0 atom stereocenters. The van der Waals surface area contributed by atoms with Crippen molar-refractivity contribution in [2.45, 2.75) is 13.8 Å². The molecule has 7 nitrogen and oxygen atoms in total. The number of carbonyl (C=O) groups excluding carboxylic acids is 2. The van der Waals surface area contributed by atoms with Crippen LogP contribution in [0.3, 0.4) is 0 Å². The molecule has 0 saturated carbocycles. The number of hydrazone groups is 1. The van der Waals surface area contributed by atoms with E-state index in [0.29, 0.717) is 10.7 Å². The number of anilines is 1. The van der Waals surface area contributed by atoms with Crippen molar-refractivity contribution in [3.05, 3.63) is 76.6 Å². The van der Waals surface area contributed by atoms with Gasteiger partial charge in [0, 0.05) is 39.4 Å². The normalized spacial score (nSPS) is 10.8. The number of aromatic nitrogens is 1. The standard InChI is InChI=1S/C22H21ClN4O3/c1-14-11-16(15(2)27(14)19-5-4-6-20(12-19)30-3)13-24-26-22(29)21(28)25-18-9-7-17(23)8-10-18/h4-13H,1-3H3,(H,25,28)(H,26,29)/b24-13+. The van der Waals surface area contributed by atoms with Gasteiger partial charge in [0.2, 0.25) is 0 Å². The van der Waals surface area contributed by atoms with Crippen molar-refractivity contribution in [3.8, 4) is 11.4 Å². The van der Waals surface area contributed by atoms with Gasteiger partial charge >= 0.3 is 11.8 Å². The summed E-state index contributed by atoms with van der Waals surface area (Å²) in [5.74, 6) is -0.937. The Balaban J connectivity index is 1.68. The number of carbonyl (C=O) groups is 2. The highest BCUT2D eigenvalue weighted by atomic mass is 35.5. The first-order chi connectivity index (χ1) is 14.4. The third-order valence-corrected chi connectivity index (χ3v) is 4.71. The molecule has 8 heteroatoms. The monoisotopic (exact) mass is 424 g/mol. The lowest BCUT2D eigenvalue weighted by Crippen LogP contribution is -2.32. The highest BCUT2D eigenvalue weighted by Gasteiger charge is 2.14. The second-order valence-electron chi connectivity index (χ2n) is 6.52. The molecule has 1 aromatic heterocycles. The minimum atomic E-state index is -0.872. The van der Waals surface area contributed by atoms with Crippen LogP contribution in [0.5, 0.6) is 5.75 Å². The Morgan fingerprint density at radius 1 is 1.07 bits per heavy atom. The molecule has 3 rings (SSSR count). The summed E-state index contributed by atoms with van der Waals surface area (Å²) in [4.78, 5) is 23.9. The number of aryl methyl sites for hydroxylation is 1. The summed E-state index contributed by atoms with van der Waals surface area (Å²) in [6.07, 6.45) is 1.51. The van der Waals surface area contributed by atoms with E-state index in [4.69, 9.17) is 16.3 Å². The topological polar surface area (TPSA) is 84.7 Å². The number of ether oxygens (including phenoxy) is 1. The van der Waals surface area contributed by atoms with Crippen LogP contribution in [0.2, 0.25) is 5.02 Å². The lowest BCUT2D eigenvalue weighted by molar-refractivity contribution is -0.136. The van der Waals surface area contributed by atoms with E-state index in [-0.39, 0.29) is 0 Å². The number of hydrogen-bond donors (Lipinski definition) is 2. The summed E-state index contributed by atoms with van der Waals surface area (Å²) in [6, 6.07) is 16.1. The summed E-state index contributed by atoms with van der Waals surface area (Å²) in [6.45, 7) is 3.92. The van der Waals surface area contributed by atoms with Gasteiger partial charge in [-0.1, -0.05) is 17.7 Å². The molecule has 0 unspecified atom stereocenters. The predicted molar refractivity (Wildman–Crippen MR) is 118 cm³/mol. The van der Waals surface area contributed by atoms with Crippen LogP contribution in [-0.4, -0.2) is 29.7 Å². The van der Waals surface area contributed by atoms with Crippen LogP contribution in [0.25, 0.3) is 5.69 Å². The summed E-state index contributed by atoms with van der Waals surface area (Å²) in [5.41, 5.74) is 6.40. The van der Waals surface area contributed by atoms with Crippen LogP contribution in [0.4, 0.5) is 5.69 Å². The van der Waals surface area contributed by atoms with E-state index in [1.165, 1.54) is 6.21 Å². The smallest absolute Gasteiger partial charge is 0.329 e. The second-order valence-corrected chi connectivity index (χ2v) is 6.96. The van der Waals surface area contributed by atoms with Crippen molar-refractivity contribution in [3.63, 3.8) is 0 Å². The average molecular weight is 425 g/mol. The molecule has 2 N–H and O–H groups in total. The van der Waals surface area contributed by atoms with Gasteiger partial charge in [-0.25, -0.2) is 5.43 Å². The molecule has 0 aliphatic rings. The van der Waals surface area contributed by atoms with Crippen molar-refractivity contribution in [2.75, 3.05) is 12.4 Å². The lowest BCUT2D eigenvalue weighted by atomic mass is 10.2. The number of methoxy groups -OCH3 is 1. The number of nitrogens with zero attached hydrogens (tertiary/aromatic N) is 2. The van der Waals surface area contributed by atoms with Crippen molar-refractivity contribution in [1.29, 1.82) is 0 Å². The van der Waals surface area contributed by atoms with Gasteiger partial charge < -0.3 is 14.6 Å². The van der Waals surface area contributed by atoms with Gasteiger partial charge in [-0.2, -0.15) is 5.10 Å². The first-order valence-electron chi connectivity index (χ1n) is 9.12. The van der Waals surface area contributed by atoms with Crippen LogP contribution in [-0.2, 0) is 9.59 Å². The number of amides is 2. The minimum Gasteiger partial charge on any atom is -0.497 e. The number of nitrogens with one attached hydrogen (secondary N) is 2. The van der Waals surface area contributed by atoms with Crippen molar-refractivity contribution in [2.24, 2.45) is 5.10 Å². The Kier molecular flexibility index (Phi) is 6.54. The first-order valence-corrected chi connectivity index (χ1v) is 9.50. The number of hydrogen-bond acceptors (Lipinski definition) is 4. The first kappa shape index (κ1) is 21.1. The molecule has 30 heavy (non-hydrogen) atoms. The fourth-order valence-electron chi connectivity index (χ4n) is 3.00. The van der Waals surface area contributed by atoms with Gasteiger partial charge in [0.15, 0.2) is 0 Å².